The maximum Gasteiger partial charge on any atom is 0.310 e. The Labute approximate surface area is 104 Å². The van der Waals surface area contributed by atoms with Gasteiger partial charge in [-0.2, -0.15) is 5.10 Å². The van der Waals surface area contributed by atoms with Gasteiger partial charge in [-0.05, 0) is 0 Å². The molecular formula is C10H14ClN3O3. The number of H-pyrrole nitrogens is 1. The fraction of sp³-hybridized carbons (Fsp3) is 0.500. The third kappa shape index (κ3) is 3.20. The summed E-state index contributed by atoms with van der Waals surface area (Å²) in [4.78, 5) is 24.2. The molecule has 0 radical (unpaired) electrons. The zero-order chi connectivity index (χ0) is 13.0. The van der Waals surface area contributed by atoms with Crippen LogP contribution >= 0.6 is 11.6 Å². The third-order valence-electron chi connectivity index (χ3n) is 2.34. The zero-order valence-electron chi connectivity index (χ0n) is 9.86. The highest BCUT2D eigenvalue weighted by Crippen LogP contribution is 2.19. The first-order chi connectivity index (χ1) is 7.97. The lowest BCUT2D eigenvalue weighted by Gasteiger charge is -2.22. The van der Waals surface area contributed by atoms with E-state index in [0.717, 1.165) is 0 Å². The van der Waals surface area contributed by atoms with Crippen LogP contribution in [0.4, 0.5) is 5.69 Å². The molecule has 0 saturated carbocycles. The molecule has 17 heavy (non-hydrogen) atoms. The molecule has 1 aromatic rings. The van der Waals surface area contributed by atoms with Gasteiger partial charge in [-0.15, -0.1) is 0 Å². The molecule has 0 aliphatic heterocycles. The van der Waals surface area contributed by atoms with Crippen LogP contribution in [-0.4, -0.2) is 36.9 Å². The molecule has 1 N–H and O–H groups in total. The number of hydrogen-bond acceptors (Lipinski definition) is 5. The molecule has 0 amide bonds. The Kier molecular flexibility index (Phi) is 4.51. The molecule has 1 atom stereocenters. The van der Waals surface area contributed by atoms with Crippen molar-refractivity contribution in [2.45, 2.75) is 6.92 Å². The van der Waals surface area contributed by atoms with Gasteiger partial charge in [-0.1, -0.05) is 18.5 Å². The quantitative estimate of drug-likeness (QED) is 0.805. The lowest BCUT2D eigenvalue weighted by atomic mass is 10.1. The first-order valence-electron chi connectivity index (χ1n) is 4.99. The number of ether oxygens (including phenoxy) is 1. The normalized spacial score (nSPS) is 12.0. The van der Waals surface area contributed by atoms with Crippen molar-refractivity contribution in [2.24, 2.45) is 5.92 Å². The van der Waals surface area contributed by atoms with E-state index < -0.39 is 5.56 Å². The molecule has 6 nitrogen and oxygen atoms in total. The molecule has 94 valence electrons. The number of aromatic amines is 1. The second kappa shape index (κ2) is 5.67. The predicted molar refractivity (Wildman–Crippen MR) is 64.3 cm³/mol. The van der Waals surface area contributed by atoms with Gasteiger partial charge in [0.15, 0.2) is 0 Å². The Morgan fingerprint density at radius 3 is 2.94 bits per heavy atom. The minimum absolute atomic E-state index is 0.0552. The SMILES string of the molecule is COC(=O)[C@@H](C)CN(C)c1cn[nH]c(=O)c1Cl. The highest BCUT2D eigenvalue weighted by Gasteiger charge is 2.18. The fourth-order valence-corrected chi connectivity index (χ4v) is 1.66. The maximum atomic E-state index is 11.3. The number of halogens is 1. The van der Waals surface area contributed by atoms with E-state index >= 15 is 0 Å². The Balaban J connectivity index is 2.83. The second-order valence-corrected chi connectivity index (χ2v) is 4.08. The van der Waals surface area contributed by atoms with E-state index in [9.17, 15) is 9.59 Å². The number of hydrogen-bond donors (Lipinski definition) is 1. The standard InChI is InChI=1S/C10H14ClN3O3/c1-6(10(16)17-3)5-14(2)7-4-12-13-9(15)8(7)11/h4,6H,5H2,1-3H3,(H,13,15)/t6-/m0/s1. The van der Waals surface area contributed by atoms with E-state index in [-0.39, 0.29) is 16.9 Å². The summed E-state index contributed by atoms with van der Waals surface area (Å²) in [5.41, 5.74) is 0.0212. The first kappa shape index (κ1) is 13.5. The highest BCUT2D eigenvalue weighted by atomic mass is 35.5. The molecule has 0 saturated heterocycles. The topological polar surface area (TPSA) is 75.3 Å². The Bertz CT molecular complexity index is 460. The molecule has 7 heteroatoms. The minimum Gasteiger partial charge on any atom is -0.469 e. The summed E-state index contributed by atoms with van der Waals surface area (Å²) in [5.74, 6) is -0.633. The Morgan fingerprint density at radius 2 is 2.35 bits per heavy atom. The number of rotatable bonds is 4. The van der Waals surface area contributed by atoms with E-state index in [2.05, 4.69) is 14.9 Å². The van der Waals surface area contributed by atoms with Gasteiger partial charge in [0.05, 0.1) is 24.9 Å². The number of nitrogens with one attached hydrogen (secondary N) is 1. The summed E-state index contributed by atoms with van der Waals surface area (Å²) in [6.07, 6.45) is 1.44. The molecule has 1 heterocycles. The van der Waals surface area contributed by atoms with Crippen molar-refractivity contribution in [3.63, 3.8) is 0 Å². The number of nitrogens with zero attached hydrogens (tertiary/aromatic N) is 2. The van der Waals surface area contributed by atoms with E-state index in [1.54, 1.807) is 18.9 Å². The van der Waals surface area contributed by atoms with Gasteiger partial charge in [-0.3, -0.25) is 9.59 Å². The second-order valence-electron chi connectivity index (χ2n) is 3.70. The molecule has 0 spiro atoms. The van der Waals surface area contributed by atoms with Crippen LogP contribution in [0.5, 0.6) is 0 Å². The summed E-state index contributed by atoms with van der Waals surface area (Å²) in [6, 6.07) is 0. The van der Waals surface area contributed by atoms with Gasteiger partial charge in [0.25, 0.3) is 5.56 Å². The van der Waals surface area contributed by atoms with Crippen LogP contribution in [0, 0.1) is 5.92 Å². The molecule has 1 aromatic heterocycles. The summed E-state index contributed by atoms with van der Waals surface area (Å²) < 4.78 is 4.62. The summed E-state index contributed by atoms with van der Waals surface area (Å²) >= 11 is 5.84. The molecule has 0 unspecified atom stereocenters. The van der Waals surface area contributed by atoms with Crippen LogP contribution < -0.4 is 10.5 Å². The van der Waals surface area contributed by atoms with E-state index in [4.69, 9.17) is 11.6 Å². The first-order valence-corrected chi connectivity index (χ1v) is 5.37. The summed E-state index contributed by atoms with van der Waals surface area (Å²) in [7, 11) is 3.06. The van der Waals surface area contributed by atoms with Crippen molar-refractivity contribution >= 4 is 23.3 Å². The van der Waals surface area contributed by atoms with Crippen molar-refractivity contribution in [1.82, 2.24) is 10.2 Å². The monoisotopic (exact) mass is 259 g/mol. The molecule has 0 bridgehead atoms. The average Bonchev–Trinajstić information content (AvgIpc) is 2.31. The molecular weight excluding hydrogens is 246 g/mol. The van der Waals surface area contributed by atoms with Crippen LogP contribution in [0.25, 0.3) is 0 Å². The maximum absolute atomic E-state index is 11.3. The number of aromatic nitrogens is 2. The lowest BCUT2D eigenvalue weighted by molar-refractivity contribution is -0.144. The average molecular weight is 260 g/mol. The molecule has 0 fully saturated rings. The fourth-order valence-electron chi connectivity index (χ4n) is 1.43. The zero-order valence-corrected chi connectivity index (χ0v) is 10.6. The number of anilines is 1. The largest absolute Gasteiger partial charge is 0.469 e. The molecule has 0 aliphatic rings. The smallest absolute Gasteiger partial charge is 0.310 e. The molecule has 0 aromatic carbocycles. The number of carbonyl (C=O) groups is 1. The van der Waals surface area contributed by atoms with E-state index in [1.807, 2.05) is 0 Å². The van der Waals surface area contributed by atoms with Gasteiger partial charge >= 0.3 is 5.97 Å². The number of methoxy groups -OCH3 is 1. The van der Waals surface area contributed by atoms with Crippen LogP contribution in [0.3, 0.4) is 0 Å². The van der Waals surface area contributed by atoms with Gasteiger partial charge in [0, 0.05) is 13.6 Å². The molecule has 0 aliphatic carbocycles. The summed E-state index contributed by atoms with van der Waals surface area (Å²) in [6.45, 7) is 2.12. The minimum atomic E-state index is -0.457. The van der Waals surface area contributed by atoms with Crippen molar-refractivity contribution < 1.29 is 9.53 Å². The van der Waals surface area contributed by atoms with Crippen LogP contribution in [-0.2, 0) is 9.53 Å². The van der Waals surface area contributed by atoms with Crippen molar-refractivity contribution in [3.8, 4) is 0 Å². The Morgan fingerprint density at radius 1 is 1.71 bits per heavy atom. The van der Waals surface area contributed by atoms with Crippen molar-refractivity contribution in [2.75, 3.05) is 25.6 Å². The van der Waals surface area contributed by atoms with Crippen molar-refractivity contribution in [3.05, 3.63) is 21.6 Å². The van der Waals surface area contributed by atoms with Gasteiger partial charge < -0.3 is 9.64 Å². The van der Waals surface area contributed by atoms with Crippen LogP contribution in [0.1, 0.15) is 6.92 Å². The Hall–Kier alpha value is -1.56. The predicted octanol–water partition coefficient (Wildman–Crippen LogP) is 0.669. The number of esters is 1. The van der Waals surface area contributed by atoms with E-state index in [1.165, 1.54) is 13.3 Å². The molecule has 1 rings (SSSR count). The third-order valence-corrected chi connectivity index (χ3v) is 2.70. The van der Waals surface area contributed by atoms with Gasteiger partial charge in [-0.25, -0.2) is 5.10 Å². The number of carbonyl (C=O) groups excluding carboxylic acids is 1. The van der Waals surface area contributed by atoms with Crippen LogP contribution in [0.15, 0.2) is 11.0 Å². The summed E-state index contributed by atoms with van der Waals surface area (Å²) in [5, 5.41) is 5.94. The van der Waals surface area contributed by atoms with Crippen LogP contribution in [0.2, 0.25) is 5.02 Å². The van der Waals surface area contributed by atoms with Gasteiger partial charge in [0.1, 0.15) is 5.02 Å². The van der Waals surface area contributed by atoms with E-state index in [0.29, 0.717) is 12.2 Å². The lowest BCUT2D eigenvalue weighted by Crippen LogP contribution is -2.30. The van der Waals surface area contributed by atoms with Gasteiger partial charge in [0.2, 0.25) is 0 Å². The van der Waals surface area contributed by atoms with Crippen molar-refractivity contribution in [1.29, 1.82) is 0 Å². The highest BCUT2D eigenvalue weighted by molar-refractivity contribution is 6.32.